The number of carbonyl (C=O) groups excluding carboxylic acids is 1. The number of nitrogens with zero attached hydrogens (tertiary/aromatic N) is 1. The molecule has 1 aromatic heterocycles. The lowest BCUT2D eigenvalue weighted by molar-refractivity contribution is 0.0550. The first kappa shape index (κ1) is 16.5. The minimum atomic E-state index is -0.915. The maximum absolute atomic E-state index is 12.2. The highest BCUT2D eigenvalue weighted by molar-refractivity contribution is 7.13. The summed E-state index contributed by atoms with van der Waals surface area (Å²) in [5.41, 5.74) is 2.16. The van der Waals surface area contributed by atoms with Gasteiger partial charge < -0.3 is 15.3 Å². The van der Waals surface area contributed by atoms with Crippen molar-refractivity contribution in [3.63, 3.8) is 0 Å². The van der Waals surface area contributed by atoms with E-state index in [9.17, 15) is 9.90 Å². The van der Waals surface area contributed by atoms with E-state index in [0.29, 0.717) is 0 Å². The number of aryl methyl sites for hydroxylation is 1. The molecule has 22 heavy (non-hydrogen) atoms. The molecule has 0 radical (unpaired) electrons. The molecule has 118 valence electrons. The van der Waals surface area contributed by atoms with E-state index in [1.807, 2.05) is 24.3 Å². The van der Waals surface area contributed by atoms with Crippen LogP contribution in [0.3, 0.4) is 0 Å². The highest BCUT2D eigenvalue weighted by Crippen LogP contribution is 2.30. The van der Waals surface area contributed by atoms with Crippen LogP contribution in [0.2, 0.25) is 0 Å². The lowest BCUT2D eigenvalue weighted by Crippen LogP contribution is -2.41. The van der Waals surface area contributed by atoms with Gasteiger partial charge in [0.15, 0.2) is 0 Å². The van der Waals surface area contributed by atoms with Gasteiger partial charge in [-0.2, -0.15) is 0 Å². The second-order valence-electron chi connectivity index (χ2n) is 6.11. The van der Waals surface area contributed by atoms with Gasteiger partial charge in [-0.05, 0) is 55.5 Å². The molecule has 0 aliphatic carbocycles. The fraction of sp³-hybridized carbons (Fsp3) is 0.353. The molecule has 5 heteroatoms. The molecule has 0 spiro atoms. The quantitative estimate of drug-likeness (QED) is 0.896. The van der Waals surface area contributed by atoms with Crippen molar-refractivity contribution >= 4 is 23.1 Å². The summed E-state index contributed by atoms with van der Waals surface area (Å²) in [4.78, 5) is 14.8. The summed E-state index contributed by atoms with van der Waals surface area (Å²) >= 11 is 1.69. The van der Waals surface area contributed by atoms with Crippen LogP contribution in [0.5, 0.6) is 0 Å². The molecule has 0 aliphatic rings. The third-order valence-electron chi connectivity index (χ3n) is 3.21. The van der Waals surface area contributed by atoms with Gasteiger partial charge in [0.2, 0.25) is 0 Å². The molecule has 1 heterocycles. The van der Waals surface area contributed by atoms with Crippen LogP contribution in [0.1, 0.15) is 19.4 Å². The van der Waals surface area contributed by atoms with Crippen molar-refractivity contribution in [2.24, 2.45) is 0 Å². The van der Waals surface area contributed by atoms with Gasteiger partial charge in [0.05, 0.1) is 12.1 Å². The molecule has 2 amide bonds. The summed E-state index contributed by atoms with van der Waals surface area (Å²) < 4.78 is 0. The standard InChI is InChI=1S/C17H22N2O2S/c1-12-8-9-22-15(12)13-6-5-7-14(10-13)18-16(20)19(4)11-17(2,3)21/h5-10,21H,11H2,1-4H3,(H,18,20). The van der Waals surface area contributed by atoms with E-state index in [-0.39, 0.29) is 12.6 Å². The number of benzene rings is 1. The van der Waals surface area contributed by atoms with E-state index in [1.165, 1.54) is 15.3 Å². The van der Waals surface area contributed by atoms with Crippen LogP contribution in [0.15, 0.2) is 35.7 Å². The lowest BCUT2D eigenvalue weighted by Gasteiger charge is -2.25. The Hall–Kier alpha value is -1.85. The van der Waals surface area contributed by atoms with Crippen molar-refractivity contribution in [3.05, 3.63) is 41.3 Å². The van der Waals surface area contributed by atoms with Crippen molar-refractivity contribution in [2.45, 2.75) is 26.4 Å². The smallest absolute Gasteiger partial charge is 0.321 e. The Kier molecular flexibility index (Phi) is 4.88. The Morgan fingerprint density at radius 3 is 2.68 bits per heavy atom. The lowest BCUT2D eigenvalue weighted by atomic mass is 10.1. The number of hydrogen-bond donors (Lipinski definition) is 2. The highest BCUT2D eigenvalue weighted by atomic mass is 32.1. The van der Waals surface area contributed by atoms with Gasteiger partial charge in [-0.15, -0.1) is 11.3 Å². The Balaban J connectivity index is 2.11. The molecule has 2 rings (SSSR count). The zero-order valence-corrected chi connectivity index (χ0v) is 14.2. The Labute approximate surface area is 135 Å². The third kappa shape index (κ3) is 4.32. The normalized spacial score (nSPS) is 11.3. The van der Waals surface area contributed by atoms with Crippen LogP contribution in [0.25, 0.3) is 10.4 Å². The van der Waals surface area contributed by atoms with Gasteiger partial charge in [-0.25, -0.2) is 4.79 Å². The molecule has 0 fully saturated rings. The summed E-state index contributed by atoms with van der Waals surface area (Å²) in [6, 6.07) is 9.65. The molecule has 4 nitrogen and oxygen atoms in total. The maximum atomic E-state index is 12.2. The number of thiophene rings is 1. The first-order valence-corrected chi connectivity index (χ1v) is 8.03. The Morgan fingerprint density at radius 1 is 1.36 bits per heavy atom. The molecule has 0 unspecified atom stereocenters. The van der Waals surface area contributed by atoms with Crippen LogP contribution in [0.4, 0.5) is 10.5 Å². The number of urea groups is 1. The van der Waals surface area contributed by atoms with Crippen molar-refractivity contribution in [1.29, 1.82) is 0 Å². The summed E-state index contributed by atoms with van der Waals surface area (Å²) in [7, 11) is 1.67. The van der Waals surface area contributed by atoms with Crippen LogP contribution in [0, 0.1) is 6.92 Å². The second kappa shape index (κ2) is 6.50. The SMILES string of the molecule is Cc1ccsc1-c1cccc(NC(=O)N(C)CC(C)(C)O)c1. The van der Waals surface area contributed by atoms with E-state index in [0.717, 1.165) is 11.3 Å². The van der Waals surface area contributed by atoms with Gasteiger partial charge in [-0.3, -0.25) is 0 Å². The van der Waals surface area contributed by atoms with E-state index < -0.39 is 5.60 Å². The van der Waals surface area contributed by atoms with E-state index in [1.54, 1.807) is 32.2 Å². The third-order valence-corrected chi connectivity index (χ3v) is 4.27. The summed E-state index contributed by atoms with van der Waals surface area (Å²) in [6.07, 6.45) is 0. The van der Waals surface area contributed by atoms with E-state index >= 15 is 0 Å². The van der Waals surface area contributed by atoms with Crippen LogP contribution < -0.4 is 5.32 Å². The number of rotatable bonds is 4. The molecule has 0 saturated heterocycles. The van der Waals surface area contributed by atoms with Crippen molar-refractivity contribution < 1.29 is 9.90 Å². The average Bonchev–Trinajstić information content (AvgIpc) is 2.83. The Bertz CT molecular complexity index is 659. The topological polar surface area (TPSA) is 52.6 Å². The molecule has 0 bridgehead atoms. The average molecular weight is 318 g/mol. The van der Waals surface area contributed by atoms with Gasteiger partial charge in [0.1, 0.15) is 0 Å². The van der Waals surface area contributed by atoms with Crippen LogP contribution in [-0.4, -0.2) is 35.2 Å². The minimum absolute atomic E-state index is 0.234. The minimum Gasteiger partial charge on any atom is -0.389 e. The summed E-state index contributed by atoms with van der Waals surface area (Å²) in [5.74, 6) is 0. The van der Waals surface area contributed by atoms with Gasteiger partial charge in [0, 0.05) is 17.6 Å². The first-order chi connectivity index (χ1) is 10.3. The molecular formula is C17H22N2O2S. The molecule has 1 aromatic carbocycles. The van der Waals surface area contributed by atoms with E-state index in [2.05, 4.69) is 23.7 Å². The zero-order chi connectivity index (χ0) is 16.3. The van der Waals surface area contributed by atoms with Crippen LogP contribution in [-0.2, 0) is 0 Å². The van der Waals surface area contributed by atoms with Gasteiger partial charge in [0.25, 0.3) is 0 Å². The number of nitrogens with one attached hydrogen (secondary N) is 1. The number of hydrogen-bond acceptors (Lipinski definition) is 3. The van der Waals surface area contributed by atoms with Crippen molar-refractivity contribution in [1.82, 2.24) is 4.90 Å². The molecule has 0 aliphatic heterocycles. The first-order valence-electron chi connectivity index (χ1n) is 7.15. The van der Waals surface area contributed by atoms with E-state index in [4.69, 9.17) is 0 Å². The number of carbonyl (C=O) groups is 1. The largest absolute Gasteiger partial charge is 0.389 e. The fourth-order valence-electron chi connectivity index (χ4n) is 2.28. The monoisotopic (exact) mass is 318 g/mol. The Morgan fingerprint density at radius 2 is 2.09 bits per heavy atom. The second-order valence-corrected chi connectivity index (χ2v) is 7.03. The molecule has 2 N–H and O–H groups in total. The maximum Gasteiger partial charge on any atom is 0.321 e. The summed E-state index contributed by atoms with van der Waals surface area (Å²) in [5, 5.41) is 14.7. The van der Waals surface area contributed by atoms with Crippen molar-refractivity contribution in [2.75, 3.05) is 18.9 Å². The zero-order valence-electron chi connectivity index (χ0n) is 13.4. The molecule has 0 saturated carbocycles. The fourth-order valence-corrected chi connectivity index (χ4v) is 3.20. The molecule has 2 aromatic rings. The predicted octanol–water partition coefficient (Wildman–Crippen LogP) is 3.96. The van der Waals surface area contributed by atoms with Gasteiger partial charge >= 0.3 is 6.03 Å². The number of amides is 2. The highest BCUT2D eigenvalue weighted by Gasteiger charge is 2.19. The molecular weight excluding hydrogens is 296 g/mol. The predicted molar refractivity (Wildman–Crippen MR) is 92.4 cm³/mol. The van der Waals surface area contributed by atoms with Crippen molar-refractivity contribution in [3.8, 4) is 10.4 Å². The van der Waals surface area contributed by atoms with Crippen LogP contribution >= 0.6 is 11.3 Å². The number of likely N-dealkylation sites (N-methyl/N-ethyl adjacent to an activating group) is 1. The number of anilines is 1. The van der Waals surface area contributed by atoms with Gasteiger partial charge in [-0.1, -0.05) is 12.1 Å². The molecule has 0 atom stereocenters. The summed E-state index contributed by atoms with van der Waals surface area (Å²) in [6.45, 7) is 5.70. The number of aliphatic hydroxyl groups is 1.